The molecule has 0 spiro atoms. The molecule has 1 aliphatic rings. The SMILES string of the molecule is COCCn1cc(-c2ccc3c(c2)C[C@@H](C)[C@H](O)CC(C(C)=O)C3)cn1. The first-order chi connectivity index (χ1) is 12.5. The van der Waals surface area contributed by atoms with E-state index < -0.39 is 6.10 Å². The normalized spacial score (nSPS) is 23.2. The summed E-state index contributed by atoms with van der Waals surface area (Å²) in [5.41, 5.74) is 4.64. The van der Waals surface area contributed by atoms with Crippen LogP contribution in [0.4, 0.5) is 0 Å². The Morgan fingerprint density at radius 2 is 2.12 bits per heavy atom. The van der Waals surface area contributed by atoms with Gasteiger partial charge in [-0.15, -0.1) is 0 Å². The molecule has 1 N–H and O–H groups in total. The van der Waals surface area contributed by atoms with Crippen LogP contribution in [0.25, 0.3) is 11.1 Å². The number of carbonyl (C=O) groups excluding carboxylic acids is 1. The second kappa shape index (κ2) is 8.14. The van der Waals surface area contributed by atoms with Gasteiger partial charge in [0.05, 0.1) is 25.5 Å². The lowest BCUT2D eigenvalue weighted by atomic mass is 9.79. The summed E-state index contributed by atoms with van der Waals surface area (Å²) in [7, 11) is 1.68. The molecule has 1 heterocycles. The zero-order valence-electron chi connectivity index (χ0n) is 15.8. The highest BCUT2D eigenvalue weighted by atomic mass is 16.5. The standard InChI is InChI=1S/C21H28N2O3/c1-14-8-19-10-17(20-12-22-23(13-20)6-7-26-3)5-4-16(19)9-18(15(2)24)11-21(14)25/h4-5,10,12-14,18,21,25H,6-9,11H2,1-3H3/t14-,18?,21-/m1/s1. The van der Waals surface area contributed by atoms with Gasteiger partial charge in [-0.05, 0) is 48.8 Å². The van der Waals surface area contributed by atoms with E-state index in [0.717, 1.165) is 24.1 Å². The van der Waals surface area contributed by atoms with Gasteiger partial charge in [0, 0.05) is 24.8 Å². The summed E-state index contributed by atoms with van der Waals surface area (Å²) in [5, 5.41) is 14.8. The van der Waals surface area contributed by atoms with E-state index in [-0.39, 0.29) is 17.6 Å². The fourth-order valence-electron chi connectivity index (χ4n) is 3.68. The highest BCUT2D eigenvalue weighted by Gasteiger charge is 2.27. The minimum Gasteiger partial charge on any atom is -0.393 e. The van der Waals surface area contributed by atoms with E-state index in [2.05, 4.69) is 30.2 Å². The van der Waals surface area contributed by atoms with Gasteiger partial charge < -0.3 is 9.84 Å². The van der Waals surface area contributed by atoms with Gasteiger partial charge in [-0.2, -0.15) is 5.10 Å². The summed E-state index contributed by atoms with van der Waals surface area (Å²) in [6.45, 7) is 5.05. The quantitative estimate of drug-likeness (QED) is 0.895. The Bertz CT molecular complexity index is 768. The number of hydrogen-bond donors (Lipinski definition) is 1. The molecule has 26 heavy (non-hydrogen) atoms. The minimum absolute atomic E-state index is 0.103. The zero-order chi connectivity index (χ0) is 18.7. The predicted octanol–water partition coefficient (Wildman–Crippen LogP) is 2.89. The van der Waals surface area contributed by atoms with E-state index in [1.54, 1.807) is 14.0 Å². The van der Waals surface area contributed by atoms with Gasteiger partial charge in [0.2, 0.25) is 0 Å². The molecule has 3 rings (SSSR count). The van der Waals surface area contributed by atoms with Gasteiger partial charge in [-0.3, -0.25) is 9.48 Å². The van der Waals surface area contributed by atoms with Crippen LogP contribution in [0.2, 0.25) is 0 Å². The molecule has 0 saturated carbocycles. The number of ketones is 1. The van der Waals surface area contributed by atoms with Gasteiger partial charge in [0.15, 0.2) is 0 Å². The maximum absolute atomic E-state index is 12.0. The lowest BCUT2D eigenvalue weighted by Gasteiger charge is -2.28. The van der Waals surface area contributed by atoms with Crippen molar-refractivity contribution in [3.63, 3.8) is 0 Å². The summed E-state index contributed by atoms with van der Waals surface area (Å²) in [5.74, 6) is 0.192. The number of Topliss-reactive ketones (excluding diaryl/α,β-unsaturated/α-hetero) is 1. The molecule has 1 aromatic heterocycles. The minimum atomic E-state index is -0.433. The Morgan fingerprint density at radius 1 is 1.31 bits per heavy atom. The molecule has 3 atom stereocenters. The molecule has 1 aliphatic carbocycles. The molecule has 0 fully saturated rings. The van der Waals surface area contributed by atoms with Gasteiger partial charge in [-0.25, -0.2) is 0 Å². The Balaban J connectivity index is 1.89. The number of aliphatic hydroxyl groups excluding tert-OH is 1. The second-order valence-corrected chi connectivity index (χ2v) is 7.46. The second-order valence-electron chi connectivity index (χ2n) is 7.46. The number of methoxy groups -OCH3 is 1. The Morgan fingerprint density at radius 3 is 2.85 bits per heavy atom. The first kappa shape index (κ1) is 18.8. The third-order valence-electron chi connectivity index (χ3n) is 5.46. The highest BCUT2D eigenvalue weighted by Crippen LogP contribution is 2.31. The van der Waals surface area contributed by atoms with Crippen LogP contribution in [0.15, 0.2) is 30.6 Å². The van der Waals surface area contributed by atoms with Crippen LogP contribution >= 0.6 is 0 Å². The smallest absolute Gasteiger partial charge is 0.133 e. The largest absolute Gasteiger partial charge is 0.393 e. The molecular formula is C21H28N2O3. The fourth-order valence-corrected chi connectivity index (χ4v) is 3.68. The number of aliphatic hydroxyl groups is 1. The van der Waals surface area contributed by atoms with Crippen LogP contribution in [0, 0.1) is 11.8 Å². The molecule has 0 aliphatic heterocycles. The third kappa shape index (κ3) is 4.22. The molecule has 0 amide bonds. The number of hydrogen-bond acceptors (Lipinski definition) is 4. The maximum Gasteiger partial charge on any atom is 0.133 e. The van der Waals surface area contributed by atoms with E-state index >= 15 is 0 Å². The van der Waals surface area contributed by atoms with Crippen molar-refractivity contribution >= 4 is 5.78 Å². The predicted molar refractivity (Wildman–Crippen MR) is 101 cm³/mol. The van der Waals surface area contributed by atoms with Gasteiger partial charge in [0.1, 0.15) is 5.78 Å². The van der Waals surface area contributed by atoms with Crippen molar-refractivity contribution in [3.8, 4) is 11.1 Å². The molecule has 0 radical (unpaired) electrons. The first-order valence-electron chi connectivity index (χ1n) is 9.30. The average Bonchev–Trinajstić information content (AvgIpc) is 3.08. The number of carbonyl (C=O) groups is 1. The highest BCUT2D eigenvalue weighted by molar-refractivity contribution is 5.78. The summed E-state index contributed by atoms with van der Waals surface area (Å²) in [6.07, 6.45) is 5.56. The fraction of sp³-hybridized carbons (Fsp3) is 0.524. The number of ether oxygens (including phenoxy) is 1. The van der Waals surface area contributed by atoms with Crippen LogP contribution in [-0.4, -0.2) is 40.5 Å². The molecule has 5 nitrogen and oxygen atoms in total. The van der Waals surface area contributed by atoms with Crippen molar-refractivity contribution in [2.24, 2.45) is 11.8 Å². The molecular weight excluding hydrogens is 328 g/mol. The van der Waals surface area contributed by atoms with Crippen molar-refractivity contribution in [1.29, 1.82) is 0 Å². The van der Waals surface area contributed by atoms with Gasteiger partial charge >= 0.3 is 0 Å². The number of fused-ring (bicyclic) bond motifs is 1. The van der Waals surface area contributed by atoms with Crippen LogP contribution in [0.5, 0.6) is 0 Å². The molecule has 0 bridgehead atoms. The Hall–Kier alpha value is -1.98. The lowest BCUT2D eigenvalue weighted by Crippen LogP contribution is -2.30. The molecule has 1 aromatic carbocycles. The molecule has 140 valence electrons. The number of aromatic nitrogens is 2. The van der Waals surface area contributed by atoms with Crippen LogP contribution in [0.3, 0.4) is 0 Å². The van der Waals surface area contributed by atoms with Crippen molar-refractivity contribution in [3.05, 3.63) is 41.7 Å². The topological polar surface area (TPSA) is 64.3 Å². The van der Waals surface area contributed by atoms with Crippen molar-refractivity contribution in [2.45, 2.75) is 45.8 Å². The summed E-state index contributed by atoms with van der Waals surface area (Å²) >= 11 is 0. The Kier molecular flexibility index (Phi) is 5.89. The Labute approximate surface area is 155 Å². The van der Waals surface area contributed by atoms with E-state index in [9.17, 15) is 9.90 Å². The van der Waals surface area contributed by atoms with E-state index in [1.165, 1.54) is 11.1 Å². The van der Waals surface area contributed by atoms with E-state index in [4.69, 9.17) is 4.74 Å². The van der Waals surface area contributed by atoms with E-state index in [0.29, 0.717) is 19.4 Å². The first-order valence-corrected chi connectivity index (χ1v) is 9.30. The van der Waals surface area contributed by atoms with Crippen molar-refractivity contribution < 1.29 is 14.6 Å². The van der Waals surface area contributed by atoms with Crippen molar-refractivity contribution in [1.82, 2.24) is 9.78 Å². The molecule has 0 saturated heterocycles. The molecule has 1 unspecified atom stereocenters. The summed E-state index contributed by atoms with van der Waals surface area (Å²) < 4.78 is 6.98. The average molecular weight is 356 g/mol. The molecule has 2 aromatic rings. The third-order valence-corrected chi connectivity index (χ3v) is 5.46. The monoisotopic (exact) mass is 356 g/mol. The number of rotatable bonds is 5. The molecule has 5 heteroatoms. The summed E-state index contributed by atoms with van der Waals surface area (Å²) in [4.78, 5) is 12.0. The number of benzene rings is 1. The van der Waals surface area contributed by atoms with Gasteiger partial charge in [0.25, 0.3) is 0 Å². The van der Waals surface area contributed by atoms with Crippen LogP contribution in [0.1, 0.15) is 31.4 Å². The van der Waals surface area contributed by atoms with Crippen molar-refractivity contribution in [2.75, 3.05) is 13.7 Å². The number of nitrogens with zero attached hydrogens (tertiary/aromatic N) is 2. The van der Waals surface area contributed by atoms with E-state index in [1.807, 2.05) is 17.1 Å². The van der Waals surface area contributed by atoms with Gasteiger partial charge in [-0.1, -0.05) is 25.1 Å². The zero-order valence-corrected chi connectivity index (χ0v) is 15.8. The maximum atomic E-state index is 12.0. The van der Waals surface area contributed by atoms with Crippen LogP contribution < -0.4 is 0 Å². The van der Waals surface area contributed by atoms with Crippen LogP contribution in [-0.2, 0) is 28.9 Å². The lowest BCUT2D eigenvalue weighted by molar-refractivity contribution is -0.122. The summed E-state index contributed by atoms with van der Waals surface area (Å²) in [6, 6.07) is 6.44.